The van der Waals surface area contributed by atoms with Gasteiger partial charge in [-0.05, 0) is 65.5 Å². The van der Waals surface area contributed by atoms with Crippen molar-refractivity contribution in [2.75, 3.05) is 0 Å². The minimum Gasteiger partial charge on any atom is -0.0654 e. The number of benzene rings is 2. The van der Waals surface area contributed by atoms with E-state index in [0.29, 0.717) is 0 Å². The van der Waals surface area contributed by atoms with Crippen molar-refractivity contribution in [3.05, 3.63) is 58.7 Å². The highest BCUT2D eigenvalue weighted by molar-refractivity contribution is 5.78. The molecule has 0 spiro atoms. The summed E-state index contributed by atoms with van der Waals surface area (Å²) >= 11 is 0. The second-order valence-electron chi connectivity index (χ2n) is 7.68. The Labute approximate surface area is 154 Å². The molecule has 0 N–H and O–H groups in total. The fourth-order valence-electron chi connectivity index (χ4n) is 4.34. The van der Waals surface area contributed by atoms with Crippen LogP contribution in [-0.4, -0.2) is 0 Å². The molecule has 1 aliphatic carbocycles. The van der Waals surface area contributed by atoms with Crippen molar-refractivity contribution in [3.8, 4) is 11.1 Å². The first-order valence-corrected chi connectivity index (χ1v) is 10.6. The molecule has 0 radical (unpaired) electrons. The van der Waals surface area contributed by atoms with Gasteiger partial charge in [0.25, 0.3) is 0 Å². The van der Waals surface area contributed by atoms with Gasteiger partial charge in [0, 0.05) is 0 Å². The van der Waals surface area contributed by atoms with Gasteiger partial charge in [-0.15, -0.1) is 0 Å². The normalized spacial score (nSPS) is 12.2. The lowest BCUT2D eigenvalue weighted by molar-refractivity contribution is 0.649. The number of aryl methyl sites for hydroxylation is 1. The van der Waals surface area contributed by atoms with Gasteiger partial charge in [-0.3, -0.25) is 0 Å². The zero-order valence-electron chi connectivity index (χ0n) is 16.2. The van der Waals surface area contributed by atoms with Crippen molar-refractivity contribution in [1.29, 1.82) is 0 Å². The Morgan fingerprint density at radius 2 is 1.40 bits per heavy atom. The van der Waals surface area contributed by atoms with Crippen molar-refractivity contribution in [2.24, 2.45) is 0 Å². The largest absolute Gasteiger partial charge is 0.0654 e. The lowest BCUT2D eigenvalue weighted by atomic mass is 9.90. The molecule has 0 heteroatoms. The van der Waals surface area contributed by atoms with E-state index in [-0.39, 0.29) is 0 Å². The van der Waals surface area contributed by atoms with Crippen molar-refractivity contribution < 1.29 is 0 Å². The van der Waals surface area contributed by atoms with E-state index in [2.05, 4.69) is 50.2 Å². The molecule has 0 aromatic heterocycles. The second kappa shape index (κ2) is 9.22. The quantitative estimate of drug-likeness (QED) is 0.337. The molecule has 25 heavy (non-hydrogen) atoms. The van der Waals surface area contributed by atoms with Gasteiger partial charge >= 0.3 is 0 Å². The third-order valence-electron chi connectivity index (χ3n) is 5.78. The molecule has 3 rings (SSSR count). The smallest absolute Gasteiger partial charge is 0.00106 e. The summed E-state index contributed by atoms with van der Waals surface area (Å²) in [7, 11) is 0. The van der Waals surface area contributed by atoms with Gasteiger partial charge in [0.1, 0.15) is 0 Å². The summed E-state index contributed by atoms with van der Waals surface area (Å²) in [5.74, 6) is 0. The van der Waals surface area contributed by atoms with Gasteiger partial charge < -0.3 is 0 Å². The molecule has 0 fully saturated rings. The van der Waals surface area contributed by atoms with E-state index in [9.17, 15) is 0 Å². The molecule has 0 aliphatic heterocycles. The molecule has 0 saturated carbocycles. The van der Waals surface area contributed by atoms with Crippen LogP contribution in [0.15, 0.2) is 36.4 Å². The molecule has 0 bridgehead atoms. The van der Waals surface area contributed by atoms with Gasteiger partial charge in [-0.1, -0.05) is 88.8 Å². The third-order valence-corrected chi connectivity index (χ3v) is 5.78. The Morgan fingerprint density at radius 1 is 0.680 bits per heavy atom. The van der Waals surface area contributed by atoms with Crippen LogP contribution in [0.1, 0.15) is 87.5 Å². The van der Waals surface area contributed by atoms with Crippen LogP contribution in [0.5, 0.6) is 0 Å². The Balaban J connectivity index is 1.82. The van der Waals surface area contributed by atoms with Crippen LogP contribution in [0.2, 0.25) is 0 Å². The molecule has 2 aromatic rings. The average Bonchev–Trinajstić information content (AvgIpc) is 3.02. The Morgan fingerprint density at radius 3 is 2.16 bits per heavy atom. The van der Waals surface area contributed by atoms with Gasteiger partial charge in [-0.25, -0.2) is 0 Å². The van der Waals surface area contributed by atoms with Crippen LogP contribution in [0.4, 0.5) is 0 Å². The molecular weight excluding hydrogens is 300 g/mol. The zero-order valence-corrected chi connectivity index (χ0v) is 16.2. The fraction of sp³-hybridized carbons (Fsp3) is 0.520. The van der Waals surface area contributed by atoms with E-state index in [1.54, 1.807) is 16.7 Å². The first-order valence-electron chi connectivity index (χ1n) is 10.6. The molecule has 0 saturated heterocycles. The van der Waals surface area contributed by atoms with Crippen molar-refractivity contribution in [1.82, 2.24) is 0 Å². The SMILES string of the molecule is CCCCCCc1ccc2c(c1CCCCCC)Cc1ccccc1-2. The van der Waals surface area contributed by atoms with Crippen LogP contribution in [0.3, 0.4) is 0 Å². The van der Waals surface area contributed by atoms with E-state index in [1.165, 1.54) is 80.9 Å². The predicted octanol–water partition coefficient (Wildman–Crippen LogP) is 7.50. The summed E-state index contributed by atoms with van der Waals surface area (Å²) in [6.07, 6.45) is 14.6. The Hall–Kier alpha value is -1.56. The van der Waals surface area contributed by atoms with Gasteiger partial charge in [0.2, 0.25) is 0 Å². The maximum Gasteiger partial charge on any atom is -0.00106 e. The van der Waals surface area contributed by atoms with E-state index >= 15 is 0 Å². The van der Waals surface area contributed by atoms with Gasteiger partial charge in [0.15, 0.2) is 0 Å². The molecule has 0 atom stereocenters. The number of hydrogen-bond acceptors (Lipinski definition) is 0. The zero-order chi connectivity index (χ0) is 17.5. The number of unbranched alkanes of at least 4 members (excludes halogenated alkanes) is 6. The number of hydrogen-bond donors (Lipinski definition) is 0. The van der Waals surface area contributed by atoms with Crippen molar-refractivity contribution in [3.63, 3.8) is 0 Å². The van der Waals surface area contributed by atoms with Crippen molar-refractivity contribution in [2.45, 2.75) is 84.5 Å². The van der Waals surface area contributed by atoms with Crippen molar-refractivity contribution >= 4 is 0 Å². The Kier molecular flexibility index (Phi) is 6.73. The maximum absolute atomic E-state index is 2.45. The first kappa shape index (κ1) is 18.2. The average molecular weight is 335 g/mol. The summed E-state index contributed by atoms with van der Waals surface area (Å²) in [6.45, 7) is 4.60. The van der Waals surface area contributed by atoms with E-state index in [0.717, 1.165) is 6.42 Å². The lowest BCUT2D eigenvalue weighted by Gasteiger charge is -2.15. The summed E-state index contributed by atoms with van der Waals surface area (Å²) in [6, 6.07) is 13.9. The minimum absolute atomic E-state index is 1.15. The summed E-state index contributed by atoms with van der Waals surface area (Å²) in [5.41, 5.74) is 9.49. The summed E-state index contributed by atoms with van der Waals surface area (Å²) in [4.78, 5) is 0. The predicted molar refractivity (Wildman–Crippen MR) is 110 cm³/mol. The van der Waals surface area contributed by atoms with E-state index in [1.807, 2.05) is 0 Å². The van der Waals surface area contributed by atoms with E-state index in [4.69, 9.17) is 0 Å². The van der Waals surface area contributed by atoms with Gasteiger partial charge in [0.05, 0.1) is 0 Å². The minimum atomic E-state index is 1.15. The second-order valence-corrected chi connectivity index (χ2v) is 7.68. The molecular formula is C25H34. The molecule has 134 valence electrons. The lowest BCUT2D eigenvalue weighted by Crippen LogP contribution is -2.01. The molecule has 1 aliphatic rings. The third kappa shape index (κ3) is 4.35. The number of fused-ring (bicyclic) bond motifs is 3. The number of rotatable bonds is 10. The van der Waals surface area contributed by atoms with E-state index < -0.39 is 0 Å². The van der Waals surface area contributed by atoms with Crippen LogP contribution < -0.4 is 0 Å². The first-order chi connectivity index (χ1) is 12.3. The van der Waals surface area contributed by atoms with Gasteiger partial charge in [-0.2, -0.15) is 0 Å². The standard InChI is InChI=1S/C25H34/c1-3-5-7-9-13-20-17-18-24-23-16-12-11-14-21(23)19-25(24)22(20)15-10-8-6-4-2/h11-12,14,16-18H,3-10,13,15,19H2,1-2H3. The monoisotopic (exact) mass is 334 g/mol. The Bertz CT molecular complexity index is 680. The molecule has 0 heterocycles. The molecule has 0 nitrogen and oxygen atoms in total. The molecule has 0 amide bonds. The summed E-state index contributed by atoms with van der Waals surface area (Å²) < 4.78 is 0. The highest BCUT2D eigenvalue weighted by atomic mass is 14.3. The van der Waals surface area contributed by atoms with Crippen LogP contribution in [-0.2, 0) is 19.3 Å². The van der Waals surface area contributed by atoms with Crippen LogP contribution >= 0.6 is 0 Å². The highest BCUT2D eigenvalue weighted by Crippen LogP contribution is 2.40. The maximum atomic E-state index is 2.45. The summed E-state index contributed by atoms with van der Waals surface area (Å²) in [5, 5.41) is 0. The van der Waals surface area contributed by atoms with Crippen LogP contribution in [0, 0.1) is 0 Å². The van der Waals surface area contributed by atoms with Crippen LogP contribution in [0.25, 0.3) is 11.1 Å². The molecule has 0 unspecified atom stereocenters. The topological polar surface area (TPSA) is 0 Å². The fourth-order valence-corrected chi connectivity index (χ4v) is 4.34. The molecule has 2 aromatic carbocycles. The highest BCUT2D eigenvalue weighted by Gasteiger charge is 2.22.